The number of ether oxygens (including phenoxy) is 7. The first-order valence-corrected chi connectivity index (χ1v) is 34.7. The van der Waals surface area contributed by atoms with Gasteiger partial charge >= 0.3 is 18.0 Å². The molecular formula is C61H112N6O12Si2. The van der Waals surface area contributed by atoms with E-state index in [4.69, 9.17) is 53.5 Å². The monoisotopic (exact) mass is 1180 g/mol. The summed E-state index contributed by atoms with van der Waals surface area (Å²) in [7, 11) is -3.33. The lowest BCUT2D eigenvalue weighted by Crippen LogP contribution is -2.46. The molecule has 466 valence electrons. The van der Waals surface area contributed by atoms with Crippen LogP contribution in [0.5, 0.6) is 0 Å². The fourth-order valence-corrected chi connectivity index (χ4v) is 9.19. The number of nitrogens with one attached hydrogen (secondary N) is 4. The van der Waals surface area contributed by atoms with E-state index in [1.807, 2.05) is 83.1 Å². The van der Waals surface area contributed by atoms with E-state index in [0.717, 1.165) is 56.5 Å². The Bertz CT molecular complexity index is 1990. The predicted molar refractivity (Wildman–Crippen MR) is 334 cm³/mol. The molecule has 4 amide bonds. The van der Waals surface area contributed by atoms with Gasteiger partial charge in [0.15, 0.2) is 22.4 Å². The van der Waals surface area contributed by atoms with Gasteiger partial charge in [-0.2, -0.15) is 0 Å². The zero-order chi connectivity index (χ0) is 61.4. The van der Waals surface area contributed by atoms with Gasteiger partial charge in [-0.25, -0.2) is 14.4 Å². The van der Waals surface area contributed by atoms with Crippen LogP contribution in [0.1, 0.15) is 113 Å². The zero-order valence-electron chi connectivity index (χ0n) is 53.3. The molecular weight excluding hydrogens is 1060 g/mol. The third-order valence-electron chi connectivity index (χ3n) is 14.8. The van der Waals surface area contributed by atoms with E-state index >= 15 is 0 Å². The number of esters is 1. The van der Waals surface area contributed by atoms with Crippen molar-refractivity contribution in [1.82, 2.24) is 10.6 Å². The molecule has 2 aromatic rings. The van der Waals surface area contributed by atoms with Crippen molar-refractivity contribution >= 4 is 46.0 Å². The summed E-state index contributed by atoms with van der Waals surface area (Å²) in [6.07, 6.45) is 4.34. The average Bonchev–Trinajstić information content (AvgIpc) is 3.38. The van der Waals surface area contributed by atoms with Crippen LogP contribution in [0.15, 0.2) is 61.2 Å². The van der Waals surface area contributed by atoms with Crippen LogP contribution >= 0.6 is 0 Å². The molecule has 1 heterocycles. The molecule has 18 nitrogen and oxygen atoms in total. The molecule has 0 spiro atoms. The second kappa shape index (κ2) is 36.8. The van der Waals surface area contributed by atoms with Crippen LogP contribution in [0.2, 0.25) is 36.3 Å². The Morgan fingerprint density at radius 2 is 0.975 bits per heavy atom. The van der Waals surface area contributed by atoms with Gasteiger partial charge in [-0.1, -0.05) is 104 Å². The Kier molecular flexibility index (Phi) is 34.2. The number of hydrogen-bond donors (Lipinski definition) is 6. The Labute approximate surface area is 491 Å². The quantitative estimate of drug-likeness (QED) is 0.0169. The predicted octanol–water partition coefficient (Wildman–Crippen LogP) is 11.3. The molecule has 8 N–H and O–H groups in total. The highest BCUT2D eigenvalue weighted by Crippen LogP contribution is 2.39. The minimum absolute atomic E-state index is 0.0628. The molecule has 0 atom stereocenters. The average molecular weight is 1180 g/mol. The number of hydrogen-bond acceptors (Lipinski definition) is 14. The first kappa shape index (κ1) is 75.2. The number of amides is 4. The maximum atomic E-state index is 12.1. The number of aryl methyl sites for hydroxylation is 2. The van der Waals surface area contributed by atoms with E-state index in [2.05, 4.69) is 109 Å². The summed E-state index contributed by atoms with van der Waals surface area (Å²) in [5, 5.41) is 11.6. The van der Waals surface area contributed by atoms with E-state index in [9.17, 15) is 14.4 Å². The van der Waals surface area contributed by atoms with Crippen molar-refractivity contribution in [3.8, 4) is 0 Å². The van der Waals surface area contributed by atoms with Crippen LogP contribution < -0.4 is 32.7 Å². The lowest BCUT2D eigenvalue weighted by molar-refractivity contribution is -0.284. The molecule has 0 aliphatic carbocycles. The van der Waals surface area contributed by atoms with Crippen molar-refractivity contribution in [1.29, 1.82) is 0 Å². The second-order valence-corrected chi connectivity index (χ2v) is 35.5. The van der Waals surface area contributed by atoms with Gasteiger partial charge in [0.1, 0.15) is 0 Å². The van der Waals surface area contributed by atoms with Crippen molar-refractivity contribution in [3.05, 3.63) is 72.3 Å². The summed E-state index contributed by atoms with van der Waals surface area (Å²) in [6, 6.07) is 14.5. The van der Waals surface area contributed by atoms with Crippen molar-refractivity contribution in [2.24, 2.45) is 27.7 Å². The molecule has 20 heteroatoms. The number of carbonyl (C=O) groups is 3. The summed E-state index contributed by atoms with van der Waals surface area (Å²) in [6.45, 7) is 49.4. The Balaban J connectivity index is 0.000000673. The number of anilines is 2. The molecule has 0 saturated carbocycles. The molecule has 0 unspecified atom stereocenters. The van der Waals surface area contributed by atoms with Gasteiger partial charge in [-0.15, -0.1) is 0 Å². The Hall–Kier alpha value is -3.78. The minimum atomic E-state index is -1.70. The molecule has 1 aliphatic rings. The highest BCUT2D eigenvalue weighted by Gasteiger charge is 2.40. The smallest absolute Gasteiger partial charge is 0.330 e. The van der Waals surface area contributed by atoms with Gasteiger partial charge in [0.05, 0.1) is 72.7 Å². The molecule has 0 radical (unpaired) electrons. The number of carbonyl (C=O) groups excluding carboxylic acids is 3. The van der Waals surface area contributed by atoms with E-state index in [-0.39, 0.29) is 45.0 Å². The molecule has 1 fully saturated rings. The van der Waals surface area contributed by atoms with Crippen molar-refractivity contribution in [2.75, 3.05) is 123 Å². The van der Waals surface area contributed by atoms with E-state index in [1.54, 1.807) is 0 Å². The van der Waals surface area contributed by atoms with Crippen molar-refractivity contribution in [3.63, 3.8) is 0 Å². The highest BCUT2D eigenvalue weighted by atomic mass is 28.4. The Morgan fingerprint density at radius 1 is 0.593 bits per heavy atom. The summed E-state index contributed by atoms with van der Waals surface area (Å²) in [5.41, 5.74) is 14.3. The van der Waals surface area contributed by atoms with Gasteiger partial charge in [-0.3, -0.25) is 0 Å². The minimum Gasteiger partial charge on any atom is -0.463 e. The van der Waals surface area contributed by atoms with E-state index in [0.29, 0.717) is 103 Å². The molecule has 1 saturated heterocycles. The molecule has 81 heavy (non-hydrogen) atoms. The molecule has 0 aromatic heterocycles. The van der Waals surface area contributed by atoms with Crippen LogP contribution in [0, 0.1) is 30.1 Å². The van der Waals surface area contributed by atoms with Gasteiger partial charge in [0.2, 0.25) is 0 Å². The number of nitrogens with two attached hydrogens (primary N) is 2. The highest BCUT2D eigenvalue weighted by molar-refractivity contribution is 6.74. The lowest BCUT2D eigenvalue weighted by atomic mass is 9.87. The van der Waals surface area contributed by atoms with Crippen LogP contribution in [-0.4, -0.2) is 153 Å². The third kappa shape index (κ3) is 33.3. The second-order valence-electron chi connectivity index (χ2n) is 25.9. The zero-order valence-corrected chi connectivity index (χ0v) is 55.3. The number of urea groups is 2. The molecule has 3 rings (SSSR count). The lowest BCUT2D eigenvalue weighted by Gasteiger charge is -2.42. The van der Waals surface area contributed by atoms with Crippen LogP contribution in [0.4, 0.5) is 21.0 Å². The van der Waals surface area contributed by atoms with Crippen molar-refractivity contribution < 1.29 is 56.4 Å². The van der Waals surface area contributed by atoms with Crippen LogP contribution in [0.25, 0.3) is 0 Å². The van der Waals surface area contributed by atoms with Gasteiger partial charge < -0.3 is 74.7 Å². The third-order valence-corrected chi connectivity index (χ3v) is 23.9. The van der Waals surface area contributed by atoms with Gasteiger partial charge in [-0.05, 0) is 114 Å². The largest absolute Gasteiger partial charge is 0.463 e. The van der Waals surface area contributed by atoms with Crippen LogP contribution in [0.3, 0.4) is 0 Å². The number of rotatable bonds is 33. The van der Waals surface area contributed by atoms with E-state index in [1.165, 1.54) is 0 Å². The maximum absolute atomic E-state index is 12.1. The maximum Gasteiger partial charge on any atom is 0.330 e. The fourth-order valence-electron chi connectivity index (χ4n) is 7.10. The normalized spacial score (nSPS) is 14.6. The summed E-state index contributed by atoms with van der Waals surface area (Å²) < 4.78 is 52.2. The number of benzene rings is 2. The summed E-state index contributed by atoms with van der Waals surface area (Å²) >= 11 is 0. The SMILES string of the molecule is C=CC(=O)OCCCC(C)(COCCNC(=O)Nc1ccc(C)cc1)COCCNC(=O)Nc1ccc(C)cc1.CC(CCO[Si](C)(C)C(C)(C)C)(COCCN)COCCN.CC1(CCO[Si](C)(C)C(C)(C)C)COC(C)(C)OC1. The fraction of sp³-hybridized carbons (Fsp3) is 0.721. The molecule has 2 aromatic carbocycles. The molecule has 0 bridgehead atoms. The first-order chi connectivity index (χ1) is 37.6. The topological polar surface area (TPSA) is 234 Å². The standard InChI is InChI=1S/C30H42N4O6.C16H38N2O3Si.C15H32O3Si/c1-5-27(35)40-18-6-15-30(4,21-38-19-16-31-28(36)33-25-11-7-23(2)8-12-25)22-39-20-17-32-29(37)34-26-13-9-24(3)10-14-26;1-15(2,3)22(5,6)21-10-7-16(4,13-19-11-8-17)14-20-12-9-18;1-13(2,3)19(7,8)18-10-9-15(6)11-16-14(4,5)17-12-15/h5,7-14H,1,6,15-22H2,2-4H3,(H2,31,33,36)(H2,32,34,37);7-14,17-18H2,1-6H3;9-12H2,1-8H3. The Morgan fingerprint density at radius 3 is 1.36 bits per heavy atom. The van der Waals surface area contributed by atoms with Crippen molar-refractivity contribution in [2.45, 2.75) is 158 Å². The molecule has 1 aliphatic heterocycles. The van der Waals surface area contributed by atoms with Gasteiger partial charge in [0.25, 0.3) is 0 Å². The summed E-state index contributed by atoms with van der Waals surface area (Å²) in [5.74, 6) is -0.890. The van der Waals surface area contributed by atoms with Crippen LogP contribution in [-0.2, 0) is 46.8 Å². The summed E-state index contributed by atoms with van der Waals surface area (Å²) in [4.78, 5) is 35.5. The first-order valence-electron chi connectivity index (χ1n) is 28.9. The van der Waals surface area contributed by atoms with E-state index < -0.39 is 28.4 Å². The van der Waals surface area contributed by atoms with Gasteiger partial charge in [0, 0.05) is 73.1 Å².